The van der Waals surface area contributed by atoms with E-state index in [-0.39, 0.29) is 17.5 Å². The minimum atomic E-state index is 0.00766. The van der Waals surface area contributed by atoms with Crippen molar-refractivity contribution in [1.82, 2.24) is 0 Å². The summed E-state index contributed by atoms with van der Waals surface area (Å²) < 4.78 is 15.1. The number of hydrogen-bond donors (Lipinski definition) is 0. The SMILES string of the molecule is Cc1cc2c3c(c1)N(c1c(C)cc4c(c1C)OCCO4)c1c(sc4ccccc14)B3c1cc(C(C)(C)C)ccc1N2c1ccc(C(C)(C)C)cc1. The van der Waals surface area contributed by atoms with Crippen LogP contribution in [-0.2, 0) is 10.8 Å². The molecule has 4 heterocycles. The first-order valence-electron chi connectivity index (χ1n) is 18.2. The van der Waals surface area contributed by atoms with Crippen LogP contribution in [0.2, 0.25) is 0 Å². The van der Waals surface area contributed by atoms with Gasteiger partial charge in [0, 0.05) is 43.2 Å². The predicted octanol–water partition coefficient (Wildman–Crippen LogP) is 10.3. The van der Waals surface area contributed by atoms with Gasteiger partial charge in [0.25, 0.3) is 6.71 Å². The minimum Gasteiger partial charge on any atom is -0.486 e. The molecule has 0 saturated heterocycles. The third kappa shape index (κ3) is 4.86. The molecule has 1 aromatic heterocycles. The summed E-state index contributed by atoms with van der Waals surface area (Å²) in [6.07, 6.45) is 0. The molecule has 0 N–H and O–H groups in total. The van der Waals surface area contributed by atoms with Crippen molar-refractivity contribution in [2.24, 2.45) is 0 Å². The lowest BCUT2D eigenvalue weighted by molar-refractivity contribution is 0.170. The molecule has 0 radical (unpaired) electrons. The second kappa shape index (κ2) is 11.2. The molecule has 6 aromatic rings. The first-order chi connectivity index (χ1) is 24.3. The third-order valence-electron chi connectivity index (χ3n) is 11.0. The van der Waals surface area contributed by atoms with E-state index in [0.717, 1.165) is 17.1 Å². The Labute approximate surface area is 306 Å². The van der Waals surface area contributed by atoms with Crippen molar-refractivity contribution in [2.45, 2.75) is 73.1 Å². The maximum atomic E-state index is 6.33. The van der Waals surface area contributed by atoms with Crippen molar-refractivity contribution in [2.75, 3.05) is 23.0 Å². The number of aryl methyl sites for hydroxylation is 2. The Hall–Kier alpha value is -4.68. The van der Waals surface area contributed by atoms with Crippen molar-refractivity contribution in [1.29, 1.82) is 0 Å². The quantitative estimate of drug-likeness (QED) is 0.169. The number of ether oxygens (including phenoxy) is 2. The van der Waals surface area contributed by atoms with Gasteiger partial charge in [0.05, 0.1) is 11.4 Å². The Morgan fingerprint density at radius 3 is 2.06 bits per heavy atom. The van der Waals surface area contributed by atoms with E-state index in [2.05, 4.69) is 157 Å². The lowest BCUT2D eigenvalue weighted by Gasteiger charge is -2.44. The summed E-state index contributed by atoms with van der Waals surface area (Å²) in [5.74, 6) is 1.69. The van der Waals surface area contributed by atoms with Gasteiger partial charge in [-0.3, -0.25) is 0 Å². The van der Waals surface area contributed by atoms with Crippen LogP contribution >= 0.6 is 11.3 Å². The van der Waals surface area contributed by atoms with E-state index in [1.807, 2.05) is 11.3 Å². The molecule has 0 saturated carbocycles. The molecule has 0 unspecified atom stereocenters. The van der Waals surface area contributed by atoms with Crippen LogP contribution in [0.1, 0.15) is 69.4 Å². The topological polar surface area (TPSA) is 24.9 Å². The van der Waals surface area contributed by atoms with Crippen LogP contribution < -0.4 is 35.0 Å². The predicted molar refractivity (Wildman–Crippen MR) is 218 cm³/mol. The van der Waals surface area contributed by atoms with E-state index < -0.39 is 0 Å². The van der Waals surface area contributed by atoms with Gasteiger partial charge < -0.3 is 19.3 Å². The van der Waals surface area contributed by atoms with Crippen LogP contribution in [-0.4, -0.2) is 19.9 Å². The van der Waals surface area contributed by atoms with E-state index in [0.29, 0.717) is 13.2 Å². The molecule has 0 fully saturated rings. The highest BCUT2D eigenvalue weighted by atomic mass is 32.1. The van der Waals surface area contributed by atoms with E-state index >= 15 is 0 Å². The maximum absolute atomic E-state index is 6.33. The summed E-state index contributed by atoms with van der Waals surface area (Å²) in [5, 5.41) is 1.29. The molecule has 0 spiro atoms. The van der Waals surface area contributed by atoms with Crippen LogP contribution in [0.4, 0.5) is 34.1 Å². The molecule has 0 aliphatic carbocycles. The number of fused-ring (bicyclic) bond motifs is 7. The molecule has 256 valence electrons. The molecule has 0 bridgehead atoms. The molecule has 0 amide bonds. The number of nitrogens with zero attached hydrogens (tertiary/aromatic N) is 2. The standard InChI is InChI=1S/C45H45BN2O2S/c1-26-22-35-39-36(23-26)48(40-27(2)24-37-42(28(40)3)50-21-20-49-37)41-32-12-10-11-13-38(32)51-43(41)46(39)33-25-30(45(7,8)9)16-19-34(33)47(35)31-17-14-29(15-18-31)44(4,5)6/h10-19,22-25H,20-21H2,1-9H3. The first-order valence-corrected chi connectivity index (χ1v) is 19.0. The first kappa shape index (κ1) is 32.2. The summed E-state index contributed by atoms with van der Waals surface area (Å²) in [6, 6.07) is 32.4. The number of thiophene rings is 1. The van der Waals surface area contributed by atoms with Crippen molar-refractivity contribution in [3.05, 3.63) is 113 Å². The molecule has 5 aromatic carbocycles. The zero-order valence-corrected chi connectivity index (χ0v) is 32.0. The minimum absolute atomic E-state index is 0.00766. The van der Waals surface area contributed by atoms with Crippen LogP contribution in [0.3, 0.4) is 0 Å². The highest BCUT2D eigenvalue weighted by Crippen LogP contribution is 2.52. The fourth-order valence-electron chi connectivity index (χ4n) is 8.50. The summed E-state index contributed by atoms with van der Waals surface area (Å²) in [6.45, 7) is 21.7. The molecule has 0 atom stereocenters. The van der Waals surface area contributed by atoms with Gasteiger partial charge in [-0.1, -0.05) is 84.0 Å². The van der Waals surface area contributed by atoms with Crippen molar-refractivity contribution in [3.8, 4) is 11.5 Å². The molecule has 3 aliphatic heterocycles. The fraction of sp³-hybridized carbons (Fsp3) is 0.289. The normalized spacial score (nSPS) is 14.8. The van der Waals surface area contributed by atoms with Crippen LogP contribution in [0, 0.1) is 20.8 Å². The van der Waals surface area contributed by atoms with E-state index in [4.69, 9.17) is 9.47 Å². The average molecular weight is 689 g/mol. The van der Waals surface area contributed by atoms with E-state index in [1.165, 1.54) is 82.2 Å². The maximum Gasteiger partial charge on any atom is 0.264 e. The summed E-state index contributed by atoms with van der Waals surface area (Å²) in [4.78, 5) is 5.09. The van der Waals surface area contributed by atoms with Crippen molar-refractivity contribution >= 4 is 78.0 Å². The smallest absolute Gasteiger partial charge is 0.264 e. The zero-order valence-electron chi connectivity index (χ0n) is 31.2. The number of benzene rings is 5. The zero-order chi connectivity index (χ0) is 35.6. The molecule has 51 heavy (non-hydrogen) atoms. The Bertz CT molecular complexity index is 2400. The third-order valence-corrected chi connectivity index (χ3v) is 12.2. The fourth-order valence-corrected chi connectivity index (χ4v) is 9.82. The molecule has 4 nitrogen and oxygen atoms in total. The average Bonchev–Trinajstić information content (AvgIpc) is 3.47. The van der Waals surface area contributed by atoms with Crippen LogP contribution in [0.25, 0.3) is 10.1 Å². The van der Waals surface area contributed by atoms with Gasteiger partial charge in [-0.25, -0.2) is 0 Å². The second-order valence-corrected chi connectivity index (χ2v) is 17.7. The van der Waals surface area contributed by atoms with Gasteiger partial charge in [-0.2, -0.15) is 0 Å². The molecular formula is C45H45BN2O2S. The molecule has 3 aliphatic rings. The van der Waals surface area contributed by atoms with Gasteiger partial charge in [0.15, 0.2) is 11.5 Å². The number of anilines is 6. The van der Waals surface area contributed by atoms with Gasteiger partial charge in [-0.15, -0.1) is 11.3 Å². The Kier molecular flexibility index (Phi) is 7.06. The lowest BCUT2D eigenvalue weighted by Crippen LogP contribution is -2.60. The van der Waals surface area contributed by atoms with Gasteiger partial charge in [0.2, 0.25) is 0 Å². The van der Waals surface area contributed by atoms with Gasteiger partial charge >= 0.3 is 0 Å². The Balaban J connectivity index is 1.40. The monoisotopic (exact) mass is 688 g/mol. The van der Waals surface area contributed by atoms with Crippen LogP contribution in [0.5, 0.6) is 11.5 Å². The van der Waals surface area contributed by atoms with Crippen LogP contribution in [0.15, 0.2) is 84.9 Å². The van der Waals surface area contributed by atoms with Crippen molar-refractivity contribution in [3.63, 3.8) is 0 Å². The highest BCUT2D eigenvalue weighted by Gasteiger charge is 2.46. The Morgan fingerprint density at radius 1 is 0.667 bits per heavy atom. The Morgan fingerprint density at radius 2 is 1.33 bits per heavy atom. The summed E-state index contributed by atoms with van der Waals surface area (Å²) in [5.41, 5.74) is 16.4. The second-order valence-electron chi connectivity index (χ2n) is 16.6. The van der Waals surface area contributed by atoms with Gasteiger partial charge in [-0.05, 0) is 107 Å². The molecule has 9 rings (SSSR count). The van der Waals surface area contributed by atoms with E-state index in [1.54, 1.807) is 0 Å². The number of rotatable bonds is 2. The summed E-state index contributed by atoms with van der Waals surface area (Å²) >= 11 is 1.94. The molecular weight excluding hydrogens is 643 g/mol. The molecule has 6 heteroatoms. The van der Waals surface area contributed by atoms with E-state index in [9.17, 15) is 0 Å². The van der Waals surface area contributed by atoms with Crippen molar-refractivity contribution < 1.29 is 9.47 Å². The van der Waals surface area contributed by atoms with Gasteiger partial charge in [0.1, 0.15) is 13.2 Å². The summed E-state index contributed by atoms with van der Waals surface area (Å²) in [7, 11) is 0. The lowest BCUT2D eigenvalue weighted by atomic mass is 9.36. The number of hydrogen-bond acceptors (Lipinski definition) is 5. The largest absolute Gasteiger partial charge is 0.486 e. The highest BCUT2D eigenvalue weighted by molar-refractivity contribution is 7.33.